The molecule has 2 saturated carbocycles. The number of aryl methyl sites for hydroxylation is 1. The Bertz CT molecular complexity index is 1080. The molecule has 0 amide bonds. The Kier molecular flexibility index (Phi) is 5.27. The van der Waals surface area contributed by atoms with Gasteiger partial charge in [0.05, 0.1) is 21.3 Å². The highest BCUT2D eigenvalue weighted by Crippen LogP contribution is 2.61. The Labute approximate surface area is 190 Å². The van der Waals surface area contributed by atoms with Crippen LogP contribution in [0.1, 0.15) is 55.2 Å². The number of Topliss-reactive ketones (excluding diaryl/α,β-unsaturated/α-hetero) is 1. The van der Waals surface area contributed by atoms with Crippen molar-refractivity contribution in [1.29, 1.82) is 0 Å². The van der Waals surface area contributed by atoms with Crippen LogP contribution in [0.2, 0.25) is 0 Å². The highest BCUT2D eigenvalue weighted by atomic mass is 16.5. The molecular weight excluding hydrogens is 400 g/mol. The summed E-state index contributed by atoms with van der Waals surface area (Å²) < 4.78 is 16.3. The van der Waals surface area contributed by atoms with Crippen LogP contribution < -0.4 is 14.2 Å². The third-order valence-corrected chi connectivity index (χ3v) is 8.32. The third kappa shape index (κ3) is 3.23. The van der Waals surface area contributed by atoms with Gasteiger partial charge >= 0.3 is 0 Å². The molecule has 0 saturated heterocycles. The SMILES string of the molecule is COc1ccc2c(c1)CCC1C2CCC2(C)C(=O)C(=Cc3ccc(OC)c(OC)c3)CC12. The van der Waals surface area contributed by atoms with Crippen LogP contribution in [0, 0.1) is 17.3 Å². The molecular formula is C28H32O4. The first-order chi connectivity index (χ1) is 15.5. The number of allylic oxidation sites excluding steroid dienone is 1. The highest BCUT2D eigenvalue weighted by Gasteiger charge is 2.56. The Balaban J connectivity index is 1.45. The first kappa shape index (κ1) is 21.1. The van der Waals surface area contributed by atoms with E-state index in [2.05, 4.69) is 31.2 Å². The molecule has 168 valence electrons. The molecule has 4 heteroatoms. The number of hydrogen-bond donors (Lipinski definition) is 0. The lowest BCUT2D eigenvalue weighted by Gasteiger charge is -2.48. The van der Waals surface area contributed by atoms with E-state index in [4.69, 9.17) is 14.2 Å². The topological polar surface area (TPSA) is 44.8 Å². The molecule has 0 heterocycles. The average molecular weight is 433 g/mol. The molecule has 4 nitrogen and oxygen atoms in total. The molecule has 4 unspecified atom stereocenters. The van der Waals surface area contributed by atoms with E-state index in [-0.39, 0.29) is 5.41 Å². The van der Waals surface area contributed by atoms with Crippen molar-refractivity contribution in [3.8, 4) is 17.2 Å². The lowest BCUT2D eigenvalue weighted by atomic mass is 9.55. The Morgan fingerprint density at radius 3 is 2.53 bits per heavy atom. The van der Waals surface area contributed by atoms with Crippen molar-refractivity contribution < 1.29 is 19.0 Å². The van der Waals surface area contributed by atoms with Crippen LogP contribution in [0.4, 0.5) is 0 Å². The zero-order chi connectivity index (χ0) is 22.5. The van der Waals surface area contributed by atoms with Crippen molar-refractivity contribution >= 4 is 11.9 Å². The number of fused-ring (bicyclic) bond motifs is 5. The van der Waals surface area contributed by atoms with Crippen LogP contribution in [0.5, 0.6) is 17.2 Å². The van der Waals surface area contributed by atoms with Crippen LogP contribution in [0.3, 0.4) is 0 Å². The van der Waals surface area contributed by atoms with Crippen LogP contribution in [-0.4, -0.2) is 27.1 Å². The molecule has 0 bridgehead atoms. The van der Waals surface area contributed by atoms with Gasteiger partial charge in [-0.15, -0.1) is 0 Å². The standard InChI is InChI=1S/C28H32O4/c1-28-12-11-22-21-9-7-20(30-2)15-18(21)6-8-23(22)24(28)16-19(27(28)29)13-17-5-10-25(31-3)26(14-17)32-4/h5,7,9-10,13-15,22-24H,6,8,11-12,16H2,1-4H3. The van der Waals surface area contributed by atoms with Gasteiger partial charge in [-0.05, 0) is 102 Å². The van der Waals surface area contributed by atoms with Gasteiger partial charge < -0.3 is 14.2 Å². The fourth-order valence-corrected chi connectivity index (χ4v) is 6.63. The second kappa shape index (κ2) is 7.99. The van der Waals surface area contributed by atoms with Crippen molar-refractivity contribution in [3.05, 3.63) is 58.7 Å². The van der Waals surface area contributed by atoms with E-state index in [1.165, 1.54) is 11.1 Å². The van der Waals surface area contributed by atoms with Gasteiger partial charge in [0.2, 0.25) is 0 Å². The summed E-state index contributed by atoms with van der Waals surface area (Å²) in [6.45, 7) is 2.22. The molecule has 0 aliphatic heterocycles. The summed E-state index contributed by atoms with van der Waals surface area (Å²) in [4.78, 5) is 13.6. The van der Waals surface area contributed by atoms with Crippen molar-refractivity contribution in [2.45, 2.75) is 44.9 Å². The smallest absolute Gasteiger partial charge is 0.165 e. The maximum atomic E-state index is 13.6. The molecule has 4 atom stereocenters. The summed E-state index contributed by atoms with van der Waals surface area (Å²) >= 11 is 0. The van der Waals surface area contributed by atoms with Crippen molar-refractivity contribution in [2.24, 2.45) is 17.3 Å². The summed E-state index contributed by atoms with van der Waals surface area (Å²) in [5.41, 5.74) is 4.62. The number of rotatable bonds is 4. The Morgan fingerprint density at radius 2 is 1.78 bits per heavy atom. The molecule has 2 fully saturated rings. The van der Waals surface area contributed by atoms with E-state index in [1.807, 2.05) is 18.2 Å². The van der Waals surface area contributed by atoms with Gasteiger partial charge in [0.15, 0.2) is 17.3 Å². The maximum Gasteiger partial charge on any atom is 0.165 e. The minimum atomic E-state index is -0.243. The van der Waals surface area contributed by atoms with Gasteiger partial charge in [-0.25, -0.2) is 0 Å². The summed E-state index contributed by atoms with van der Waals surface area (Å²) in [6, 6.07) is 12.4. The van der Waals surface area contributed by atoms with Crippen molar-refractivity contribution in [2.75, 3.05) is 21.3 Å². The zero-order valence-electron chi connectivity index (χ0n) is 19.4. The number of carbonyl (C=O) groups is 1. The average Bonchev–Trinajstić information content (AvgIpc) is 3.08. The van der Waals surface area contributed by atoms with Gasteiger partial charge in [0, 0.05) is 5.41 Å². The lowest BCUT2D eigenvalue weighted by Crippen LogP contribution is -2.42. The Hall–Kier alpha value is -2.75. The van der Waals surface area contributed by atoms with Crippen LogP contribution in [0.25, 0.3) is 6.08 Å². The van der Waals surface area contributed by atoms with E-state index < -0.39 is 0 Å². The third-order valence-electron chi connectivity index (χ3n) is 8.32. The second-order valence-corrected chi connectivity index (χ2v) is 9.75. The predicted molar refractivity (Wildman–Crippen MR) is 126 cm³/mol. The number of carbonyl (C=O) groups excluding carboxylic acids is 1. The van der Waals surface area contributed by atoms with Gasteiger partial charge in [0.1, 0.15) is 5.75 Å². The first-order valence-corrected chi connectivity index (χ1v) is 11.6. The molecule has 0 spiro atoms. The summed E-state index contributed by atoms with van der Waals surface area (Å²) in [5.74, 6) is 4.21. The monoisotopic (exact) mass is 432 g/mol. The molecule has 2 aromatic carbocycles. The molecule has 2 aromatic rings. The summed E-state index contributed by atoms with van der Waals surface area (Å²) in [6.07, 6.45) is 7.23. The van der Waals surface area contributed by atoms with Gasteiger partial charge in [-0.2, -0.15) is 0 Å². The summed E-state index contributed by atoms with van der Waals surface area (Å²) in [5, 5.41) is 0. The van der Waals surface area contributed by atoms with E-state index in [9.17, 15) is 4.79 Å². The minimum Gasteiger partial charge on any atom is -0.497 e. The van der Waals surface area contributed by atoms with E-state index in [0.717, 1.165) is 49.0 Å². The zero-order valence-corrected chi connectivity index (χ0v) is 19.4. The number of hydrogen-bond acceptors (Lipinski definition) is 4. The number of methoxy groups -OCH3 is 3. The van der Waals surface area contributed by atoms with Gasteiger partial charge in [-0.1, -0.05) is 19.1 Å². The first-order valence-electron chi connectivity index (χ1n) is 11.6. The van der Waals surface area contributed by atoms with Crippen LogP contribution in [-0.2, 0) is 11.2 Å². The number of ether oxygens (including phenoxy) is 3. The maximum absolute atomic E-state index is 13.6. The quantitative estimate of drug-likeness (QED) is 0.570. The molecule has 0 aromatic heterocycles. The molecule has 3 aliphatic rings. The van der Waals surface area contributed by atoms with Crippen molar-refractivity contribution in [3.63, 3.8) is 0 Å². The fourth-order valence-electron chi connectivity index (χ4n) is 6.63. The minimum absolute atomic E-state index is 0.243. The largest absolute Gasteiger partial charge is 0.497 e. The predicted octanol–water partition coefficient (Wildman–Crippen LogP) is 5.83. The number of ketones is 1. The normalized spacial score (nSPS) is 29.8. The van der Waals surface area contributed by atoms with Crippen LogP contribution >= 0.6 is 0 Å². The second-order valence-electron chi connectivity index (χ2n) is 9.75. The van der Waals surface area contributed by atoms with Gasteiger partial charge in [0.25, 0.3) is 0 Å². The van der Waals surface area contributed by atoms with E-state index in [0.29, 0.717) is 35.0 Å². The molecule has 0 N–H and O–H groups in total. The van der Waals surface area contributed by atoms with Crippen molar-refractivity contribution in [1.82, 2.24) is 0 Å². The molecule has 5 rings (SSSR count). The Morgan fingerprint density at radius 1 is 0.969 bits per heavy atom. The highest BCUT2D eigenvalue weighted by molar-refractivity contribution is 6.06. The van der Waals surface area contributed by atoms with E-state index >= 15 is 0 Å². The van der Waals surface area contributed by atoms with E-state index in [1.54, 1.807) is 21.3 Å². The van der Waals surface area contributed by atoms with Gasteiger partial charge in [-0.3, -0.25) is 4.79 Å². The lowest BCUT2D eigenvalue weighted by molar-refractivity contribution is -0.127. The summed E-state index contributed by atoms with van der Waals surface area (Å²) in [7, 11) is 5.01. The molecule has 3 aliphatic carbocycles. The number of benzene rings is 2. The molecule has 32 heavy (non-hydrogen) atoms. The fraction of sp³-hybridized carbons (Fsp3) is 0.464. The van der Waals surface area contributed by atoms with Crippen LogP contribution in [0.15, 0.2) is 42.0 Å². The molecule has 0 radical (unpaired) electrons.